The maximum Gasteiger partial charge on any atom is 0.0706 e. The summed E-state index contributed by atoms with van der Waals surface area (Å²) in [6, 6.07) is 8.83. The van der Waals surface area contributed by atoms with Gasteiger partial charge in [0.15, 0.2) is 0 Å². The molecule has 2 nitrogen and oxygen atoms in total. The number of aromatic nitrogens is 1. The predicted molar refractivity (Wildman–Crippen MR) is 122 cm³/mol. The van der Waals surface area contributed by atoms with Crippen molar-refractivity contribution in [1.29, 1.82) is 0 Å². The van der Waals surface area contributed by atoms with Gasteiger partial charge in [-0.05, 0) is 40.9 Å². The van der Waals surface area contributed by atoms with E-state index in [1.54, 1.807) is 0 Å². The van der Waals surface area contributed by atoms with Crippen LogP contribution in [0.25, 0.3) is 17.2 Å². The summed E-state index contributed by atoms with van der Waals surface area (Å²) in [6.45, 7) is 15.4. The zero-order valence-electron chi connectivity index (χ0n) is 18.7. The molecule has 1 aromatic carbocycles. The molecule has 28 heavy (non-hydrogen) atoms. The average molecular weight is 380 g/mol. The lowest BCUT2D eigenvalue weighted by Crippen LogP contribution is -2.10. The molecule has 2 heteroatoms. The van der Waals surface area contributed by atoms with Crippen LogP contribution < -0.4 is 0 Å². The van der Waals surface area contributed by atoms with E-state index in [9.17, 15) is 5.11 Å². The summed E-state index contributed by atoms with van der Waals surface area (Å²) < 4.78 is 0. The van der Waals surface area contributed by atoms with Gasteiger partial charge in [0.25, 0.3) is 0 Å². The van der Waals surface area contributed by atoms with E-state index >= 15 is 0 Å². The third-order valence-corrected chi connectivity index (χ3v) is 5.25. The van der Waals surface area contributed by atoms with Gasteiger partial charge in [-0.3, -0.25) is 4.98 Å². The van der Waals surface area contributed by atoms with Gasteiger partial charge in [0, 0.05) is 16.8 Å². The van der Waals surface area contributed by atoms with Crippen molar-refractivity contribution in [2.24, 2.45) is 0 Å². The maximum atomic E-state index is 10.3. The van der Waals surface area contributed by atoms with Crippen molar-refractivity contribution in [2.45, 2.75) is 85.7 Å². The van der Waals surface area contributed by atoms with Crippen LogP contribution in [0.2, 0.25) is 0 Å². The molecule has 0 amide bonds. The SMILES string of the molecule is CCC/C=C/c1c(C(C)C)nc(C(C)C)c(CO)c1-c1ccc(C(C)C)cc1. The highest BCUT2D eigenvalue weighted by molar-refractivity contribution is 5.80. The Labute approximate surface area is 171 Å². The number of rotatable bonds is 8. The molecule has 0 spiro atoms. The highest BCUT2D eigenvalue weighted by atomic mass is 16.3. The zero-order valence-corrected chi connectivity index (χ0v) is 18.7. The average Bonchev–Trinajstić information content (AvgIpc) is 2.66. The smallest absolute Gasteiger partial charge is 0.0706 e. The first kappa shape index (κ1) is 22.4. The number of allylic oxidation sites excluding steroid dienone is 1. The lowest BCUT2D eigenvalue weighted by atomic mass is 9.86. The van der Waals surface area contributed by atoms with Gasteiger partial charge in [-0.25, -0.2) is 0 Å². The van der Waals surface area contributed by atoms with Crippen LogP contribution in [0.3, 0.4) is 0 Å². The normalized spacial score (nSPS) is 12.1. The largest absolute Gasteiger partial charge is 0.392 e. The van der Waals surface area contributed by atoms with Crippen LogP contribution >= 0.6 is 0 Å². The molecule has 0 saturated heterocycles. The number of hydrogen-bond acceptors (Lipinski definition) is 2. The molecule has 2 rings (SSSR count). The third-order valence-electron chi connectivity index (χ3n) is 5.25. The highest BCUT2D eigenvalue weighted by Gasteiger charge is 2.22. The maximum absolute atomic E-state index is 10.3. The fraction of sp³-hybridized carbons (Fsp3) is 0.500. The molecule has 0 unspecified atom stereocenters. The monoisotopic (exact) mass is 379 g/mol. The Balaban J connectivity index is 2.83. The van der Waals surface area contributed by atoms with Crippen molar-refractivity contribution >= 4 is 6.08 Å². The zero-order chi connectivity index (χ0) is 20.8. The van der Waals surface area contributed by atoms with Gasteiger partial charge in [0.05, 0.1) is 12.3 Å². The lowest BCUT2D eigenvalue weighted by molar-refractivity contribution is 0.280. The van der Waals surface area contributed by atoms with E-state index in [0.717, 1.165) is 46.5 Å². The third kappa shape index (κ3) is 4.91. The van der Waals surface area contributed by atoms with Gasteiger partial charge in [0.1, 0.15) is 0 Å². The summed E-state index contributed by atoms with van der Waals surface area (Å²) in [4.78, 5) is 5.04. The first-order chi connectivity index (χ1) is 13.3. The molecule has 0 aliphatic rings. The molecule has 1 aromatic heterocycles. The van der Waals surface area contributed by atoms with Gasteiger partial charge in [0.2, 0.25) is 0 Å². The van der Waals surface area contributed by atoms with Crippen molar-refractivity contribution in [1.82, 2.24) is 4.98 Å². The molecule has 1 heterocycles. The van der Waals surface area contributed by atoms with E-state index in [-0.39, 0.29) is 12.5 Å². The lowest BCUT2D eigenvalue weighted by Gasteiger charge is -2.23. The summed E-state index contributed by atoms with van der Waals surface area (Å²) >= 11 is 0. The molecule has 0 radical (unpaired) electrons. The van der Waals surface area contributed by atoms with E-state index in [1.807, 2.05) is 0 Å². The Morgan fingerprint density at radius 3 is 1.96 bits per heavy atom. The van der Waals surface area contributed by atoms with Crippen molar-refractivity contribution in [3.63, 3.8) is 0 Å². The summed E-state index contributed by atoms with van der Waals surface area (Å²) in [7, 11) is 0. The Morgan fingerprint density at radius 1 is 0.893 bits per heavy atom. The molecule has 2 aromatic rings. The predicted octanol–water partition coefficient (Wildman–Crippen LogP) is 7.42. The summed E-state index contributed by atoms with van der Waals surface area (Å²) in [5.74, 6) is 1.09. The molecule has 0 aliphatic carbocycles. The van der Waals surface area contributed by atoms with Crippen LogP contribution in [0.5, 0.6) is 0 Å². The Morgan fingerprint density at radius 2 is 1.50 bits per heavy atom. The minimum absolute atomic E-state index is 0.00870. The summed E-state index contributed by atoms with van der Waals surface area (Å²) in [5, 5.41) is 10.3. The van der Waals surface area contributed by atoms with Gasteiger partial charge in [-0.1, -0.05) is 91.3 Å². The molecule has 0 saturated carbocycles. The Bertz CT molecular complexity index is 798. The van der Waals surface area contributed by atoms with Gasteiger partial charge in [-0.15, -0.1) is 0 Å². The fourth-order valence-electron chi connectivity index (χ4n) is 3.65. The van der Waals surface area contributed by atoms with Crippen molar-refractivity contribution in [3.8, 4) is 11.1 Å². The first-order valence-electron chi connectivity index (χ1n) is 10.8. The Hall–Kier alpha value is -1.93. The fourth-order valence-corrected chi connectivity index (χ4v) is 3.65. The second kappa shape index (κ2) is 10.0. The first-order valence-corrected chi connectivity index (χ1v) is 10.8. The highest BCUT2D eigenvalue weighted by Crippen LogP contribution is 2.37. The van der Waals surface area contributed by atoms with Crippen LogP contribution in [0.4, 0.5) is 0 Å². The van der Waals surface area contributed by atoms with E-state index in [1.165, 1.54) is 5.56 Å². The van der Waals surface area contributed by atoms with E-state index < -0.39 is 0 Å². The molecule has 0 atom stereocenters. The Kier molecular flexibility index (Phi) is 8.00. The van der Waals surface area contributed by atoms with Gasteiger partial charge < -0.3 is 5.11 Å². The second-order valence-corrected chi connectivity index (χ2v) is 8.58. The number of unbranched alkanes of at least 4 members (excludes halogenated alkanes) is 1. The van der Waals surface area contributed by atoms with E-state index in [4.69, 9.17) is 4.98 Å². The van der Waals surface area contributed by atoms with Crippen molar-refractivity contribution < 1.29 is 5.11 Å². The molecule has 0 aliphatic heterocycles. The number of pyridine rings is 1. The quantitative estimate of drug-likeness (QED) is 0.517. The van der Waals surface area contributed by atoms with Crippen molar-refractivity contribution in [3.05, 3.63) is 58.4 Å². The second-order valence-electron chi connectivity index (χ2n) is 8.58. The molecule has 152 valence electrons. The summed E-state index contributed by atoms with van der Waals surface area (Å²) in [6.07, 6.45) is 6.63. The van der Waals surface area contributed by atoms with Crippen LogP contribution in [0, 0.1) is 0 Å². The molecule has 0 bridgehead atoms. The molecular formula is C26H37NO. The van der Waals surface area contributed by atoms with E-state index in [0.29, 0.717) is 11.8 Å². The number of hydrogen-bond donors (Lipinski definition) is 1. The van der Waals surface area contributed by atoms with Crippen LogP contribution in [-0.2, 0) is 6.61 Å². The number of nitrogens with zero attached hydrogens (tertiary/aromatic N) is 1. The minimum atomic E-state index is 0.00870. The molecular weight excluding hydrogens is 342 g/mol. The van der Waals surface area contributed by atoms with Crippen LogP contribution in [-0.4, -0.2) is 10.1 Å². The number of benzene rings is 1. The van der Waals surface area contributed by atoms with Gasteiger partial charge in [-0.2, -0.15) is 0 Å². The van der Waals surface area contributed by atoms with Crippen LogP contribution in [0.15, 0.2) is 30.3 Å². The van der Waals surface area contributed by atoms with Crippen LogP contribution in [0.1, 0.15) is 107 Å². The number of aliphatic hydroxyl groups is 1. The molecule has 0 fully saturated rings. The summed E-state index contributed by atoms with van der Waals surface area (Å²) in [5.41, 5.74) is 7.91. The standard InChI is InChI=1S/C26H37NO/c1-8-9-10-11-22-24(21-14-12-20(13-15-21)17(2)3)23(16-28)26(19(6)7)27-25(22)18(4)5/h10-15,17-19,28H,8-9,16H2,1-7H3/b11-10+. The van der Waals surface area contributed by atoms with Crippen molar-refractivity contribution in [2.75, 3.05) is 0 Å². The number of aliphatic hydroxyl groups excluding tert-OH is 1. The van der Waals surface area contributed by atoms with Gasteiger partial charge >= 0.3 is 0 Å². The topological polar surface area (TPSA) is 33.1 Å². The minimum Gasteiger partial charge on any atom is -0.392 e. The molecule has 1 N–H and O–H groups in total. The van der Waals surface area contributed by atoms with E-state index in [2.05, 4.69) is 84.9 Å².